The van der Waals surface area contributed by atoms with Crippen LogP contribution in [0.5, 0.6) is 0 Å². The maximum Gasteiger partial charge on any atom is 0.191 e. The quantitative estimate of drug-likeness (QED) is 0.621. The van der Waals surface area contributed by atoms with Crippen LogP contribution in [-0.2, 0) is 0 Å². The molecular formula is C13H25N3S. The maximum atomic E-state index is 6.13. The van der Waals surface area contributed by atoms with E-state index in [9.17, 15) is 0 Å². The number of aliphatic imine (C=N–C) groups is 1. The molecule has 1 heterocycles. The lowest BCUT2D eigenvalue weighted by Gasteiger charge is -2.27. The smallest absolute Gasteiger partial charge is 0.191 e. The van der Waals surface area contributed by atoms with Crippen molar-refractivity contribution in [3.05, 3.63) is 0 Å². The van der Waals surface area contributed by atoms with Crippen molar-refractivity contribution in [1.29, 1.82) is 0 Å². The normalized spacial score (nSPS) is 34.2. The molecule has 2 aliphatic rings. The third-order valence-electron chi connectivity index (χ3n) is 4.51. The summed E-state index contributed by atoms with van der Waals surface area (Å²) < 4.78 is 0. The van der Waals surface area contributed by atoms with Gasteiger partial charge in [-0.15, -0.1) is 0 Å². The predicted octanol–water partition coefficient (Wildman–Crippen LogP) is 2.17. The number of hydrogen-bond donors (Lipinski definition) is 1. The van der Waals surface area contributed by atoms with Crippen molar-refractivity contribution in [2.75, 3.05) is 24.6 Å². The van der Waals surface area contributed by atoms with Gasteiger partial charge in [-0.25, -0.2) is 4.99 Å². The highest BCUT2D eigenvalue weighted by molar-refractivity contribution is 7.99. The third kappa shape index (κ3) is 2.56. The Bertz CT molecular complexity index is 297. The molecule has 1 saturated carbocycles. The number of nitrogens with zero attached hydrogens (tertiary/aromatic N) is 2. The molecule has 17 heavy (non-hydrogen) atoms. The molecule has 1 saturated heterocycles. The summed E-state index contributed by atoms with van der Waals surface area (Å²) in [6.07, 6.45) is 2.45. The maximum absolute atomic E-state index is 6.13. The minimum Gasteiger partial charge on any atom is -0.370 e. The Morgan fingerprint density at radius 3 is 2.59 bits per heavy atom. The van der Waals surface area contributed by atoms with E-state index in [4.69, 9.17) is 10.7 Å². The molecule has 3 nitrogen and oxygen atoms in total. The van der Waals surface area contributed by atoms with Gasteiger partial charge in [0.25, 0.3) is 0 Å². The van der Waals surface area contributed by atoms with Gasteiger partial charge in [0, 0.05) is 24.6 Å². The monoisotopic (exact) mass is 255 g/mol. The summed E-state index contributed by atoms with van der Waals surface area (Å²) in [4.78, 5) is 7.01. The topological polar surface area (TPSA) is 41.6 Å². The second-order valence-corrected chi connectivity index (χ2v) is 6.77. The molecule has 2 N–H and O–H groups in total. The molecular weight excluding hydrogens is 230 g/mol. The van der Waals surface area contributed by atoms with Crippen LogP contribution in [0.2, 0.25) is 0 Å². The van der Waals surface area contributed by atoms with Crippen LogP contribution in [0.1, 0.15) is 33.6 Å². The van der Waals surface area contributed by atoms with Gasteiger partial charge in [-0.2, -0.15) is 11.8 Å². The standard InChI is InChI=1S/C13H25N3S/c1-4-13(10(2)3)9-11(13)15-12(14)16-5-7-17-8-6-16/h10-11H,4-9H2,1-3H3,(H2,14,15). The van der Waals surface area contributed by atoms with E-state index >= 15 is 0 Å². The number of nitrogens with two attached hydrogens (primary N) is 1. The number of thioether (sulfide) groups is 1. The Labute approximate surface area is 109 Å². The Balaban J connectivity index is 1.96. The molecule has 0 aromatic heterocycles. The van der Waals surface area contributed by atoms with E-state index in [1.807, 2.05) is 11.8 Å². The van der Waals surface area contributed by atoms with E-state index in [-0.39, 0.29) is 0 Å². The SMILES string of the molecule is CCC1(C(C)C)CC1N=C(N)N1CCSCC1. The lowest BCUT2D eigenvalue weighted by Crippen LogP contribution is -2.43. The van der Waals surface area contributed by atoms with E-state index in [1.54, 1.807) is 0 Å². The van der Waals surface area contributed by atoms with Gasteiger partial charge in [-0.3, -0.25) is 0 Å². The van der Waals surface area contributed by atoms with Gasteiger partial charge in [-0.1, -0.05) is 20.8 Å². The fourth-order valence-corrected chi connectivity index (χ4v) is 3.82. The average Bonchev–Trinajstić information content (AvgIpc) is 3.05. The second-order valence-electron chi connectivity index (χ2n) is 5.55. The summed E-state index contributed by atoms with van der Waals surface area (Å²) in [5.74, 6) is 3.87. The molecule has 1 aliphatic heterocycles. The van der Waals surface area contributed by atoms with Crippen LogP contribution >= 0.6 is 11.8 Å². The largest absolute Gasteiger partial charge is 0.370 e. The van der Waals surface area contributed by atoms with Crippen LogP contribution in [0.3, 0.4) is 0 Å². The first kappa shape index (κ1) is 13.1. The number of hydrogen-bond acceptors (Lipinski definition) is 2. The summed E-state index contributed by atoms with van der Waals surface area (Å²) in [6.45, 7) is 9.03. The zero-order valence-electron chi connectivity index (χ0n) is 11.3. The van der Waals surface area contributed by atoms with Crippen LogP contribution < -0.4 is 5.73 Å². The van der Waals surface area contributed by atoms with E-state index in [1.165, 1.54) is 24.3 Å². The van der Waals surface area contributed by atoms with Crippen molar-refractivity contribution < 1.29 is 0 Å². The van der Waals surface area contributed by atoms with Gasteiger partial charge in [0.15, 0.2) is 5.96 Å². The van der Waals surface area contributed by atoms with Crippen molar-refractivity contribution in [3.8, 4) is 0 Å². The van der Waals surface area contributed by atoms with Crippen molar-refractivity contribution in [2.24, 2.45) is 22.1 Å². The molecule has 0 aromatic rings. The van der Waals surface area contributed by atoms with Crippen LogP contribution in [0.25, 0.3) is 0 Å². The Kier molecular flexibility index (Phi) is 3.91. The zero-order chi connectivity index (χ0) is 12.5. The average molecular weight is 255 g/mol. The van der Waals surface area contributed by atoms with Gasteiger partial charge < -0.3 is 10.6 Å². The molecule has 2 rings (SSSR count). The lowest BCUT2D eigenvalue weighted by atomic mass is 9.89. The second kappa shape index (κ2) is 5.09. The van der Waals surface area contributed by atoms with Crippen molar-refractivity contribution >= 4 is 17.7 Å². The van der Waals surface area contributed by atoms with Gasteiger partial charge in [0.1, 0.15) is 0 Å². The van der Waals surface area contributed by atoms with Crippen LogP contribution in [0, 0.1) is 11.3 Å². The first-order valence-corrected chi connectivity index (χ1v) is 7.91. The van der Waals surface area contributed by atoms with E-state index in [2.05, 4.69) is 25.7 Å². The highest BCUT2D eigenvalue weighted by Gasteiger charge is 2.55. The first-order chi connectivity index (χ1) is 8.10. The summed E-state index contributed by atoms with van der Waals surface area (Å²) in [7, 11) is 0. The molecule has 2 fully saturated rings. The number of rotatable bonds is 3. The molecule has 0 aromatic carbocycles. The van der Waals surface area contributed by atoms with Crippen LogP contribution in [0.15, 0.2) is 4.99 Å². The Hall–Kier alpha value is -0.380. The summed E-state index contributed by atoms with van der Waals surface area (Å²) >= 11 is 2.01. The van der Waals surface area contributed by atoms with E-state index in [0.717, 1.165) is 19.0 Å². The van der Waals surface area contributed by atoms with Crippen molar-refractivity contribution in [1.82, 2.24) is 4.90 Å². The van der Waals surface area contributed by atoms with Gasteiger partial charge in [0.05, 0.1) is 6.04 Å². The number of guanidine groups is 1. The van der Waals surface area contributed by atoms with Gasteiger partial charge >= 0.3 is 0 Å². The van der Waals surface area contributed by atoms with Crippen molar-refractivity contribution in [2.45, 2.75) is 39.7 Å². The van der Waals surface area contributed by atoms with Crippen molar-refractivity contribution in [3.63, 3.8) is 0 Å². The molecule has 0 radical (unpaired) electrons. The minimum absolute atomic E-state index is 0.440. The molecule has 0 spiro atoms. The van der Waals surface area contributed by atoms with E-state index < -0.39 is 0 Å². The molecule has 0 bridgehead atoms. The molecule has 98 valence electrons. The molecule has 2 atom stereocenters. The summed E-state index contributed by atoms with van der Waals surface area (Å²) in [6, 6.07) is 0.474. The van der Waals surface area contributed by atoms with Crippen LogP contribution in [-0.4, -0.2) is 41.5 Å². The van der Waals surface area contributed by atoms with Crippen LogP contribution in [0.4, 0.5) is 0 Å². The third-order valence-corrected chi connectivity index (χ3v) is 5.45. The first-order valence-electron chi connectivity index (χ1n) is 6.76. The highest BCUT2D eigenvalue weighted by atomic mass is 32.2. The zero-order valence-corrected chi connectivity index (χ0v) is 12.1. The summed E-state index contributed by atoms with van der Waals surface area (Å²) in [5.41, 5.74) is 6.57. The Morgan fingerprint density at radius 1 is 1.47 bits per heavy atom. The fourth-order valence-electron chi connectivity index (χ4n) is 2.92. The molecule has 1 aliphatic carbocycles. The molecule has 2 unspecified atom stereocenters. The summed E-state index contributed by atoms with van der Waals surface area (Å²) in [5, 5.41) is 0. The predicted molar refractivity (Wildman–Crippen MR) is 76.5 cm³/mol. The van der Waals surface area contributed by atoms with Gasteiger partial charge in [-0.05, 0) is 24.2 Å². The lowest BCUT2D eigenvalue weighted by molar-refractivity contribution is 0.333. The minimum atomic E-state index is 0.440. The van der Waals surface area contributed by atoms with Gasteiger partial charge in [0.2, 0.25) is 0 Å². The molecule has 4 heteroatoms. The van der Waals surface area contributed by atoms with E-state index in [0.29, 0.717) is 17.4 Å². The molecule has 0 amide bonds. The Morgan fingerprint density at radius 2 is 2.12 bits per heavy atom. The highest BCUT2D eigenvalue weighted by Crippen LogP contribution is 2.56. The fraction of sp³-hybridized carbons (Fsp3) is 0.923.